The van der Waals surface area contributed by atoms with Crippen LogP contribution in [0, 0.1) is 6.92 Å². The second-order valence-electron chi connectivity index (χ2n) is 5.92. The van der Waals surface area contributed by atoms with Gasteiger partial charge in [-0.15, -0.1) is 5.10 Å². The molecule has 0 bridgehead atoms. The number of fused-ring (bicyclic) bond motifs is 1. The molecule has 0 saturated heterocycles. The van der Waals surface area contributed by atoms with E-state index in [1.807, 2.05) is 61.5 Å². The molecule has 26 heavy (non-hydrogen) atoms. The standard InChI is InChI=1S/C19H17N5OS/c1-13-17(21-16-10-6-5-9-15(16)20-13)12-26-19-23-22-18(25)24(19)11-14-7-3-2-4-8-14/h2-10H,11-12H2,1H3,(H,22,25). The van der Waals surface area contributed by atoms with Crippen molar-refractivity contribution in [3.8, 4) is 0 Å². The Morgan fingerprint density at radius 2 is 1.69 bits per heavy atom. The lowest BCUT2D eigenvalue weighted by Crippen LogP contribution is -2.18. The van der Waals surface area contributed by atoms with Gasteiger partial charge < -0.3 is 0 Å². The first-order valence-electron chi connectivity index (χ1n) is 8.25. The van der Waals surface area contributed by atoms with Crippen molar-refractivity contribution in [1.82, 2.24) is 24.7 Å². The fraction of sp³-hybridized carbons (Fsp3) is 0.158. The van der Waals surface area contributed by atoms with Crippen LogP contribution in [0.3, 0.4) is 0 Å². The van der Waals surface area contributed by atoms with E-state index in [1.54, 1.807) is 4.57 Å². The van der Waals surface area contributed by atoms with Gasteiger partial charge in [-0.05, 0) is 24.6 Å². The average molecular weight is 363 g/mol. The largest absolute Gasteiger partial charge is 0.344 e. The Hall–Kier alpha value is -2.93. The van der Waals surface area contributed by atoms with E-state index in [2.05, 4.69) is 15.2 Å². The SMILES string of the molecule is Cc1nc2ccccc2nc1CSc1n[nH]c(=O)n1Cc1ccccc1. The normalized spacial score (nSPS) is 11.1. The Labute approximate surface area is 154 Å². The lowest BCUT2D eigenvalue weighted by Gasteiger charge is -2.08. The zero-order chi connectivity index (χ0) is 17.9. The number of para-hydroxylation sites is 2. The van der Waals surface area contributed by atoms with Gasteiger partial charge in [-0.1, -0.05) is 54.2 Å². The summed E-state index contributed by atoms with van der Waals surface area (Å²) >= 11 is 1.48. The number of benzene rings is 2. The number of thioether (sulfide) groups is 1. The van der Waals surface area contributed by atoms with Crippen molar-refractivity contribution in [2.45, 2.75) is 24.4 Å². The van der Waals surface area contributed by atoms with Gasteiger partial charge in [0.25, 0.3) is 0 Å². The molecule has 1 N–H and O–H groups in total. The molecule has 0 aliphatic carbocycles. The van der Waals surface area contributed by atoms with Crippen LogP contribution < -0.4 is 5.69 Å². The van der Waals surface area contributed by atoms with Gasteiger partial charge in [0.2, 0.25) is 0 Å². The number of aromatic amines is 1. The maximum atomic E-state index is 12.1. The van der Waals surface area contributed by atoms with Crippen LogP contribution in [0.5, 0.6) is 0 Å². The van der Waals surface area contributed by atoms with Crippen molar-refractivity contribution < 1.29 is 0 Å². The van der Waals surface area contributed by atoms with Crippen molar-refractivity contribution >= 4 is 22.8 Å². The molecule has 0 fully saturated rings. The highest BCUT2D eigenvalue weighted by molar-refractivity contribution is 7.98. The number of rotatable bonds is 5. The predicted molar refractivity (Wildman–Crippen MR) is 102 cm³/mol. The maximum Gasteiger partial charge on any atom is 0.344 e. The molecule has 4 rings (SSSR count). The van der Waals surface area contributed by atoms with Gasteiger partial charge in [0.05, 0.1) is 29.0 Å². The molecule has 0 amide bonds. The van der Waals surface area contributed by atoms with Crippen molar-refractivity contribution in [3.05, 3.63) is 82.0 Å². The summed E-state index contributed by atoms with van der Waals surface area (Å²) in [5.41, 5.74) is 4.40. The third-order valence-corrected chi connectivity index (χ3v) is 5.08. The first-order chi connectivity index (χ1) is 12.7. The monoisotopic (exact) mass is 363 g/mol. The Kier molecular flexibility index (Phi) is 4.53. The van der Waals surface area contributed by atoms with Crippen molar-refractivity contribution in [2.24, 2.45) is 0 Å². The van der Waals surface area contributed by atoms with E-state index in [1.165, 1.54) is 11.8 Å². The number of hydrogen-bond donors (Lipinski definition) is 1. The quantitative estimate of drug-likeness (QED) is 0.551. The van der Waals surface area contributed by atoms with Crippen LogP contribution >= 0.6 is 11.8 Å². The maximum absolute atomic E-state index is 12.1. The smallest absolute Gasteiger partial charge is 0.266 e. The zero-order valence-corrected chi connectivity index (χ0v) is 15.0. The van der Waals surface area contributed by atoms with Gasteiger partial charge in [-0.2, -0.15) is 0 Å². The van der Waals surface area contributed by atoms with Crippen LogP contribution in [0.4, 0.5) is 0 Å². The highest BCUT2D eigenvalue weighted by Gasteiger charge is 2.12. The second kappa shape index (κ2) is 7.13. The summed E-state index contributed by atoms with van der Waals surface area (Å²) in [4.78, 5) is 21.4. The summed E-state index contributed by atoms with van der Waals surface area (Å²) in [6.07, 6.45) is 0. The van der Waals surface area contributed by atoms with Crippen molar-refractivity contribution in [3.63, 3.8) is 0 Å². The minimum atomic E-state index is -0.210. The molecule has 0 aliphatic rings. The molecule has 0 unspecified atom stereocenters. The molecule has 7 heteroatoms. The van der Waals surface area contributed by atoms with E-state index in [0.717, 1.165) is 28.0 Å². The van der Waals surface area contributed by atoms with Gasteiger partial charge in [0.1, 0.15) is 0 Å². The van der Waals surface area contributed by atoms with Crippen LogP contribution in [0.25, 0.3) is 11.0 Å². The van der Waals surface area contributed by atoms with Gasteiger partial charge >= 0.3 is 5.69 Å². The van der Waals surface area contributed by atoms with Crippen LogP contribution in [0.15, 0.2) is 64.5 Å². The molecule has 0 saturated carbocycles. The van der Waals surface area contributed by atoms with Crippen LogP contribution in [-0.4, -0.2) is 24.7 Å². The number of aromatic nitrogens is 5. The molecular weight excluding hydrogens is 346 g/mol. The third-order valence-electron chi connectivity index (χ3n) is 4.09. The number of hydrogen-bond acceptors (Lipinski definition) is 5. The molecule has 2 aromatic heterocycles. The number of H-pyrrole nitrogens is 1. The summed E-state index contributed by atoms with van der Waals surface area (Å²) in [6, 6.07) is 17.7. The van der Waals surface area contributed by atoms with Gasteiger partial charge in [0, 0.05) is 5.75 Å². The fourth-order valence-electron chi connectivity index (χ4n) is 2.71. The summed E-state index contributed by atoms with van der Waals surface area (Å²) in [7, 11) is 0. The van der Waals surface area contributed by atoms with Crippen LogP contribution in [-0.2, 0) is 12.3 Å². The zero-order valence-electron chi connectivity index (χ0n) is 14.2. The lowest BCUT2D eigenvalue weighted by atomic mass is 10.2. The van der Waals surface area contributed by atoms with Gasteiger partial charge in [-0.3, -0.25) is 4.57 Å². The Bertz CT molecular complexity index is 1100. The van der Waals surface area contributed by atoms with Crippen LogP contribution in [0.1, 0.15) is 17.0 Å². The molecule has 0 radical (unpaired) electrons. The first-order valence-corrected chi connectivity index (χ1v) is 9.23. The first kappa shape index (κ1) is 16.5. The predicted octanol–water partition coefficient (Wildman–Crippen LogP) is 3.16. The molecule has 0 aliphatic heterocycles. The summed E-state index contributed by atoms with van der Waals surface area (Å²) < 4.78 is 1.64. The third kappa shape index (κ3) is 3.39. The highest BCUT2D eigenvalue weighted by Crippen LogP contribution is 2.22. The molecular formula is C19H17N5OS. The minimum absolute atomic E-state index is 0.210. The summed E-state index contributed by atoms with van der Waals surface area (Å²) in [5, 5.41) is 7.34. The minimum Gasteiger partial charge on any atom is -0.266 e. The van der Waals surface area contributed by atoms with Crippen molar-refractivity contribution in [1.29, 1.82) is 0 Å². The molecule has 2 heterocycles. The number of nitrogens with zero attached hydrogens (tertiary/aromatic N) is 4. The van der Waals surface area contributed by atoms with E-state index in [-0.39, 0.29) is 5.69 Å². The van der Waals surface area contributed by atoms with E-state index < -0.39 is 0 Å². The lowest BCUT2D eigenvalue weighted by molar-refractivity contribution is 0.687. The van der Waals surface area contributed by atoms with Gasteiger partial charge in [-0.25, -0.2) is 19.9 Å². The average Bonchev–Trinajstić information content (AvgIpc) is 3.01. The Morgan fingerprint density at radius 1 is 1.00 bits per heavy atom. The Morgan fingerprint density at radius 3 is 2.46 bits per heavy atom. The van der Waals surface area contributed by atoms with E-state index in [9.17, 15) is 4.79 Å². The molecule has 2 aromatic carbocycles. The molecule has 4 aromatic rings. The van der Waals surface area contributed by atoms with Gasteiger partial charge in [0.15, 0.2) is 5.16 Å². The van der Waals surface area contributed by atoms with E-state index >= 15 is 0 Å². The van der Waals surface area contributed by atoms with E-state index in [0.29, 0.717) is 17.5 Å². The number of aryl methyl sites for hydroxylation is 1. The second-order valence-corrected chi connectivity index (χ2v) is 6.86. The summed E-state index contributed by atoms with van der Waals surface area (Å²) in [5.74, 6) is 0.600. The van der Waals surface area contributed by atoms with Crippen molar-refractivity contribution in [2.75, 3.05) is 0 Å². The Balaban J connectivity index is 1.57. The topological polar surface area (TPSA) is 76.5 Å². The molecule has 130 valence electrons. The molecule has 0 spiro atoms. The fourth-order valence-corrected chi connectivity index (χ4v) is 3.67. The van der Waals surface area contributed by atoms with Crippen LogP contribution in [0.2, 0.25) is 0 Å². The van der Waals surface area contributed by atoms with E-state index in [4.69, 9.17) is 4.98 Å². The summed E-state index contributed by atoms with van der Waals surface area (Å²) in [6.45, 7) is 2.44. The molecule has 0 atom stereocenters. The number of nitrogens with one attached hydrogen (secondary N) is 1. The molecule has 6 nitrogen and oxygen atoms in total. The highest BCUT2D eigenvalue weighted by atomic mass is 32.2.